The van der Waals surface area contributed by atoms with Gasteiger partial charge in [0.2, 0.25) is 0 Å². The van der Waals surface area contributed by atoms with Crippen LogP contribution in [0.1, 0.15) is 26.3 Å². The summed E-state index contributed by atoms with van der Waals surface area (Å²) in [5.74, 6) is -0.842. The van der Waals surface area contributed by atoms with Gasteiger partial charge in [-0.25, -0.2) is 10.2 Å². The number of ether oxygens (including phenoxy) is 2. The monoisotopic (exact) mass is 587 g/mol. The lowest BCUT2D eigenvalue weighted by Crippen LogP contribution is -2.35. The van der Waals surface area contributed by atoms with Gasteiger partial charge in [0.25, 0.3) is 11.8 Å². The van der Waals surface area contributed by atoms with E-state index in [2.05, 4.69) is 47.7 Å². The van der Waals surface area contributed by atoms with Crippen LogP contribution in [-0.4, -0.2) is 37.7 Å². The van der Waals surface area contributed by atoms with E-state index in [1.807, 2.05) is 0 Å². The minimum atomic E-state index is -0.524. The number of nitrogens with zero attached hydrogens (tertiary/aromatic N) is 1. The number of nitrogens with one attached hydrogen (secondary N) is 2. The van der Waals surface area contributed by atoms with Gasteiger partial charge in [0, 0.05) is 8.95 Å². The van der Waals surface area contributed by atoms with E-state index in [0.29, 0.717) is 26.9 Å². The lowest BCUT2D eigenvalue weighted by Gasteiger charge is -2.10. The van der Waals surface area contributed by atoms with Gasteiger partial charge in [0.15, 0.2) is 11.5 Å². The van der Waals surface area contributed by atoms with Gasteiger partial charge < -0.3 is 14.8 Å². The smallest absolute Gasteiger partial charge is 0.343 e. The normalized spacial score (nSPS) is 10.6. The van der Waals surface area contributed by atoms with E-state index in [9.17, 15) is 14.4 Å². The zero-order valence-corrected chi connectivity index (χ0v) is 21.1. The van der Waals surface area contributed by atoms with Gasteiger partial charge in [-0.15, -0.1) is 0 Å². The molecular weight excluding hydrogens is 570 g/mol. The van der Waals surface area contributed by atoms with Gasteiger partial charge >= 0.3 is 5.97 Å². The molecule has 0 saturated carbocycles. The highest BCUT2D eigenvalue weighted by Crippen LogP contribution is 2.28. The highest BCUT2D eigenvalue weighted by Gasteiger charge is 2.13. The first-order valence-electron chi connectivity index (χ1n) is 9.88. The van der Waals surface area contributed by atoms with Gasteiger partial charge in [-0.2, -0.15) is 5.10 Å². The Morgan fingerprint density at radius 3 is 2.41 bits per heavy atom. The fourth-order valence-corrected chi connectivity index (χ4v) is 3.44. The second-order valence-corrected chi connectivity index (χ2v) is 8.53. The van der Waals surface area contributed by atoms with Gasteiger partial charge in [-0.05, 0) is 76.1 Å². The van der Waals surface area contributed by atoms with E-state index < -0.39 is 11.9 Å². The summed E-state index contributed by atoms with van der Waals surface area (Å²) < 4.78 is 12.2. The molecule has 3 rings (SSSR count). The van der Waals surface area contributed by atoms with Crippen molar-refractivity contribution in [3.8, 4) is 11.5 Å². The van der Waals surface area contributed by atoms with Crippen molar-refractivity contribution in [2.45, 2.75) is 0 Å². The van der Waals surface area contributed by atoms with Crippen molar-refractivity contribution in [2.75, 3.05) is 13.7 Å². The second kappa shape index (κ2) is 12.1. The standard InChI is InChI=1S/C24H19Br2N3O5/c1-33-21-12-15(6-11-20(21)34-24(32)16-7-9-17(25)10-8-16)13-28-29-22(30)14-27-23(31)18-4-2-3-5-19(18)26/h2-13H,14H2,1H3,(H,27,31)(H,29,30)/b28-13+. The van der Waals surface area contributed by atoms with Crippen molar-refractivity contribution in [3.63, 3.8) is 0 Å². The summed E-state index contributed by atoms with van der Waals surface area (Å²) in [5.41, 5.74) is 3.75. The minimum absolute atomic E-state index is 0.242. The largest absolute Gasteiger partial charge is 0.493 e. The third kappa shape index (κ3) is 7.00. The molecule has 0 fully saturated rings. The summed E-state index contributed by atoms with van der Waals surface area (Å²) in [6.07, 6.45) is 1.40. The number of hydrazone groups is 1. The Morgan fingerprint density at radius 1 is 0.971 bits per heavy atom. The summed E-state index contributed by atoms with van der Waals surface area (Å²) in [7, 11) is 1.45. The van der Waals surface area contributed by atoms with E-state index in [0.717, 1.165) is 4.47 Å². The molecular formula is C24H19Br2N3O5. The summed E-state index contributed by atoms with van der Waals surface area (Å²) in [6, 6.07) is 18.5. The molecule has 0 unspecified atom stereocenters. The van der Waals surface area contributed by atoms with Crippen LogP contribution in [0, 0.1) is 0 Å². The van der Waals surface area contributed by atoms with Crippen LogP contribution in [0.25, 0.3) is 0 Å². The number of benzene rings is 3. The van der Waals surface area contributed by atoms with Crippen molar-refractivity contribution in [1.82, 2.24) is 10.7 Å². The molecule has 0 bridgehead atoms. The Morgan fingerprint density at radius 2 is 1.71 bits per heavy atom. The molecule has 0 spiro atoms. The predicted molar refractivity (Wildman–Crippen MR) is 134 cm³/mol. The fourth-order valence-electron chi connectivity index (χ4n) is 2.71. The van der Waals surface area contributed by atoms with E-state index in [-0.39, 0.29) is 18.2 Å². The number of carbonyl (C=O) groups is 3. The van der Waals surface area contributed by atoms with Crippen LogP contribution < -0.4 is 20.2 Å². The van der Waals surface area contributed by atoms with Crippen LogP contribution in [0.4, 0.5) is 0 Å². The van der Waals surface area contributed by atoms with E-state index >= 15 is 0 Å². The molecule has 8 nitrogen and oxygen atoms in total. The SMILES string of the molecule is COc1cc(/C=N/NC(=O)CNC(=O)c2ccccc2Br)ccc1OC(=O)c1ccc(Br)cc1. The maximum absolute atomic E-state index is 12.3. The van der Waals surface area contributed by atoms with Gasteiger partial charge in [0.05, 0.1) is 31.0 Å². The van der Waals surface area contributed by atoms with Crippen LogP contribution >= 0.6 is 31.9 Å². The van der Waals surface area contributed by atoms with Crippen molar-refractivity contribution >= 4 is 55.9 Å². The maximum Gasteiger partial charge on any atom is 0.343 e. The van der Waals surface area contributed by atoms with Crippen LogP contribution in [0.5, 0.6) is 11.5 Å². The molecule has 0 atom stereocenters. The number of hydrogen-bond donors (Lipinski definition) is 2. The van der Waals surface area contributed by atoms with Crippen LogP contribution in [0.15, 0.2) is 80.8 Å². The molecule has 0 saturated heterocycles. The lowest BCUT2D eigenvalue weighted by molar-refractivity contribution is -0.120. The maximum atomic E-state index is 12.3. The van der Waals surface area contributed by atoms with Gasteiger partial charge in [0.1, 0.15) is 0 Å². The van der Waals surface area contributed by atoms with Crippen LogP contribution in [0.3, 0.4) is 0 Å². The molecule has 3 aromatic rings. The van der Waals surface area contributed by atoms with Crippen molar-refractivity contribution in [3.05, 3.63) is 92.4 Å². The molecule has 0 heterocycles. The number of amides is 2. The molecule has 10 heteroatoms. The number of carbonyl (C=O) groups excluding carboxylic acids is 3. The summed E-state index contributed by atoms with van der Waals surface area (Å²) in [4.78, 5) is 36.5. The third-order valence-corrected chi connectivity index (χ3v) is 5.62. The number of methoxy groups -OCH3 is 1. The van der Waals surface area contributed by atoms with Crippen LogP contribution in [-0.2, 0) is 4.79 Å². The van der Waals surface area contributed by atoms with Gasteiger partial charge in [-0.1, -0.05) is 28.1 Å². The number of rotatable bonds is 8. The highest BCUT2D eigenvalue weighted by molar-refractivity contribution is 9.10. The zero-order valence-electron chi connectivity index (χ0n) is 17.9. The second-order valence-electron chi connectivity index (χ2n) is 6.76. The molecule has 2 N–H and O–H groups in total. The molecule has 0 aliphatic carbocycles. The fraction of sp³-hybridized carbons (Fsp3) is 0.0833. The van der Waals surface area contributed by atoms with Crippen molar-refractivity contribution < 1.29 is 23.9 Å². The lowest BCUT2D eigenvalue weighted by atomic mass is 10.2. The van der Waals surface area contributed by atoms with Gasteiger partial charge in [-0.3, -0.25) is 9.59 Å². The third-order valence-electron chi connectivity index (χ3n) is 4.40. The molecule has 3 aromatic carbocycles. The summed E-state index contributed by atoms with van der Waals surface area (Å²) >= 11 is 6.61. The zero-order chi connectivity index (χ0) is 24.5. The Kier molecular flexibility index (Phi) is 8.94. The average molecular weight is 589 g/mol. The van der Waals surface area contributed by atoms with Crippen molar-refractivity contribution in [1.29, 1.82) is 0 Å². The first kappa shape index (κ1) is 25.1. The van der Waals surface area contributed by atoms with E-state index in [1.54, 1.807) is 66.7 Å². The topological polar surface area (TPSA) is 106 Å². The molecule has 34 heavy (non-hydrogen) atoms. The Balaban J connectivity index is 1.54. The van der Waals surface area contributed by atoms with E-state index in [1.165, 1.54) is 13.3 Å². The first-order valence-corrected chi connectivity index (χ1v) is 11.5. The van der Waals surface area contributed by atoms with Crippen LogP contribution in [0.2, 0.25) is 0 Å². The van der Waals surface area contributed by atoms with E-state index in [4.69, 9.17) is 9.47 Å². The number of esters is 1. The summed E-state index contributed by atoms with van der Waals surface area (Å²) in [6.45, 7) is -0.244. The summed E-state index contributed by atoms with van der Waals surface area (Å²) in [5, 5.41) is 6.40. The number of hydrogen-bond acceptors (Lipinski definition) is 6. The number of halogens is 2. The first-order chi connectivity index (χ1) is 16.4. The Bertz CT molecular complexity index is 1230. The highest BCUT2D eigenvalue weighted by atomic mass is 79.9. The molecule has 2 amide bonds. The quantitative estimate of drug-likeness (QED) is 0.176. The van der Waals surface area contributed by atoms with Crippen molar-refractivity contribution in [2.24, 2.45) is 5.10 Å². The predicted octanol–water partition coefficient (Wildman–Crippen LogP) is 4.32. The average Bonchev–Trinajstić information content (AvgIpc) is 2.84. The molecule has 0 aliphatic heterocycles. The minimum Gasteiger partial charge on any atom is -0.493 e. The molecule has 0 aromatic heterocycles. The molecule has 174 valence electrons. The Hall–Kier alpha value is -3.50. The molecule has 0 radical (unpaired) electrons. The molecule has 0 aliphatic rings. The Labute approximate surface area is 212 Å².